The summed E-state index contributed by atoms with van der Waals surface area (Å²) in [6.45, 7) is 2.88. The Labute approximate surface area is 213 Å². The lowest BCUT2D eigenvalue weighted by atomic mass is 9.77. The van der Waals surface area contributed by atoms with Crippen LogP contribution in [0.25, 0.3) is 6.08 Å². The summed E-state index contributed by atoms with van der Waals surface area (Å²) >= 11 is 0. The Balaban J connectivity index is 1.44. The van der Waals surface area contributed by atoms with Crippen LogP contribution < -0.4 is 0 Å². The first kappa shape index (κ1) is 24.6. The van der Waals surface area contributed by atoms with Gasteiger partial charge in [-0.1, -0.05) is 24.3 Å². The highest BCUT2D eigenvalue weighted by molar-refractivity contribution is 6.08. The predicted molar refractivity (Wildman–Crippen MR) is 134 cm³/mol. The second kappa shape index (κ2) is 10.1. The maximum absolute atomic E-state index is 13.7. The van der Waals surface area contributed by atoms with Crippen LogP contribution in [0.15, 0.2) is 69.7 Å². The number of furan rings is 1. The number of nitrogens with zero attached hydrogens (tertiary/aromatic N) is 2. The maximum atomic E-state index is 13.7. The second-order valence-electron chi connectivity index (χ2n) is 9.34. The average Bonchev–Trinajstić information content (AvgIpc) is 3.44. The van der Waals surface area contributed by atoms with Crippen molar-refractivity contribution in [3.8, 4) is 0 Å². The van der Waals surface area contributed by atoms with Crippen LogP contribution in [0, 0.1) is 31.4 Å². The third kappa shape index (κ3) is 5.09. The van der Waals surface area contributed by atoms with E-state index in [1.807, 2.05) is 6.08 Å². The Kier molecular flexibility index (Phi) is 6.74. The fourth-order valence-electron chi connectivity index (χ4n) is 5.07. The van der Waals surface area contributed by atoms with Crippen LogP contribution >= 0.6 is 0 Å². The van der Waals surface area contributed by atoms with Crippen LogP contribution in [0.2, 0.25) is 0 Å². The molecule has 8 heteroatoms. The van der Waals surface area contributed by atoms with Crippen LogP contribution in [-0.2, 0) is 9.53 Å². The molecule has 190 valence electrons. The van der Waals surface area contributed by atoms with Gasteiger partial charge in [0, 0.05) is 5.92 Å². The molecule has 1 aliphatic carbocycles. The minimum atomic E-state index is -0.651. The maximum Gasteiger partial charge on any atom is 0.342 e. The number of allylic oxidation sites excluding steroid dienone is 1. The number of hydrogen-bond acceptors (Lipinski definition) is 5. The van der Waals surface area contributed by atoms with Gasteiger partial charge in [0.25, 0.3) is 5.91 Å². The molecule has 1 fully saturated rings. The zero-order valence-electron chi connectivity index (χ0n) is 20.5. The molecule has 5 rings (SSSR count). The van der Waals surface area contributed by atoms with E-state index < -0.39 is 24.5 Å². The number of hydrazone groups is 1. The van der Waals surface area contributed by atoms with E-state index in [-0.39, 0.29) is 23.1 Å². The van der Waals surface area contributed by atoms with Crippen LogP contribution in [-0.4, -0.2) is 29.2 Å². The van der Waals surface area contributed by atoms with Gasteiger partial charge in [-0.05, 0) is 86.2 Å². The molecule has 2 heterocycles. The van der Waals surface area contributed by atoms with Gasteiger partial charge in [0.05, 0.1) is 11.8 Å². The smallest absolute Gasteiger partial charge is 0.342 e. The Morgan fingerprint density at radius 1 is 1.08 bits per heavy atom. The van der Waals surface area contributed by atoms with Crippen LogP contribution in [0.1, 0.15) is 58.3 Å². The van der Waals surface area contributed by atoms with Crippen molar-refractivity contribution in [1.82, 2.24) is 5.01 Å². The monoisotopic (exact) mass is 504 g/mol. The molecule has 1 aromatic heterocycles. The molecule has 2 unspecified atom stereocenters. The first-order chi connectivity index (χ1) is 17.8. The average molecular weight is 505 g/mol. The number of fused-ring (bicyclic) bond motifs is 1. The normalized spacial score (nSPS) is 20.1. The molecular weight excluding hydrogens is 478 g/mol. The zero-order chi connectivity index (χ0) is 26.1. The quantitative estimate of drug-likeness (QED) is 0.391. The number of hydrogen-bond donors (Lipinski definition) is 0. The molecule has 0 spiro atoms. The fourth-order valence-corrected chi connectivity index (χ4v) is 5.07. The molecule has 2 aromatic carbocycles. The molecular formula is C29H26F2N2O4. The number of carbonyl (C=O) groups excluding carboxylic acids is 2. The van der Waals surface area contributed by atoms with E-state index in [0.29, 0.717) is 11.5 Å². The van der Waals surface area contributed by atoms with Gasteiger partial charge in [-0.2, -0.15) is 5.10 Å². The van der Waals surface area contributed by atoms with Crippen molar-refractivity contribution < 1.29 is 27.5 Å². The summed E-state index contributed by atoms with van der Waals surface area (Å²) in [5.74, 6) is -0.939. The third-order valence-corrected chi connectivity index (χ3v) is 6.77. The minimum absolute atomic E-state index is 0.107. The van der Waals surface area contributed by atoms with Crippen molar-refractivity contribution in [3.05, 3.63) is 100 Å². The van der Waals surface area contributed by atoms with Gasteiger partial charge in [-0.15, -0.1) is 0 Å². The number of esters is 1. The number of carbonyl (C=O) groups is 2. The summed E-state index contributed by atoms with van der Waals surface area (Å²) < 4.78 is 37.8. The Morgan fingerprint density at radius 2 is 1.76 bits per heavy atom. The fraction of sp³-hybridized carbons (Fsp3) is 0.276. The SMILES string of the molecule is Cc1cc(C(=O)OCC(=O)N2N=C3C(=Cc4ccc(F)cc4)CCCC3C2c2ccc(F)cc2)c(C)o1. The van der Waals surface area contributed by atoms with E-state index in [2.05, 4.69) is 0 Å². The molecule has 3 aromatic rings. The molecule has 1 aliphatic heterocycles. The molecule has 0 N–H and O–H groups in total. The van der Waals surface area contributed by atoms with E-state index in [9.17, 15) is 18.4 Å². The van der Waals surface area contributed by atoms with Crippen LogP contribution in [0.5, 0.6) is 0 Å². The number of ether oxygens (including phenoxy) is 1. The molecule has 0 saturated heterocycles. The summed E-state index contributed by atoms with van der Waals surface area (Å²) in [5.41, 5.74) is 3.58. The van der Waals surface area contributed by atoms with Crippen molar-refractivity contribution in [2.45, 2.75) is 39.2 Å². The van der Waals surface area contributed by atoms with Crippen molar-refractivity contribution in [2.75, 3.05) is 6.61 Å². The van der Waals surface area contributed by atoms with Gasteiger partial charge >= 0.3 is 5.97 Å². The van der Waals surface area contributed by atoms with Crippen molar-refractivity contribution >= 4 is 23.7 Å². The van der Waals surface area contributed by atoms with Crippen molar-refractivity contribution in [3.63, 3.8) is 0 Å². The molecule has 0 radical (unpaired) electrons. The first-order valence-electron chi connectivity index (χ1n) is 12.2. The molecule has 2 aliphatic rings. The highest BCUT2D eigenvalue weighted by Crippen LogP contribution is 2.44. The van der Waals surface area contributed by atoms with Crippen LogP contribution in [0.3, 0.4) is 0 Å². The summed E-state index contributed by atoms with van der Waals surface area (Å²) in [6, 6.07) is 13.3. The number of aryl methyl sites for hydroxylation is 2. The Hall–Kier alpha value is -4.07. The molecule has 37 heavy (non-hydrogen) atoms. The molecule has 1 saturated carbocycles. The van der Waals surface area contributed by atoms with Gasteiger partial charge < -0.3 is 9.15 Å². The standard InChI is InChI=1S/C29H26F2N2O4/c1-17-14-25(18(2)37-17)29(35)36-16-26(34)33-28(20-8-12-23(31)13-9-20)24-5-3-4-21(27(24)32-33)15-19-6-10-22(30)11-7-19/h6-15,24,28H,3-5,16H2,1-2H3. The summed E-state index contributed by atoms with van der Waals surface area (Å²) in [6.07, 6.45) is 4.40. The molecule has 0 bridgehead atoms. The summed E-state index contributed by atoms with van der Waals surface area (Å²) in [7, 11) is 0. The first-order valence-corrected chi connectivity index (χ1v) is 12.2. The lowest BCUT2D eigenvalue weighted by molar-refractivity contribution is -0.137. The molecule has 1 amide bonds. The van der Waals surface area contributed by atoms with E-state index in [1.54, 1.807) is 44.2 Å². The van der Waals surface area contributed by atoms with E-state index in [4.69, 9.17) is 14.3 Å². The lowest BCUT2D eigenvalue weighted by Crippen LogP contribution is -2.34. The van der Waals surface area contributed by atoms with Crippen molar-refractivity contribution in [2.24, 2.45) is 11.0 Å². The Morgan fingerprint density at radius 3 is 2.41 bits per heavy atom. The van der Waals surface area contributed by atoms with Gasteiger partial charge in [0.15, 0.2) is 6.61 Å². The van der Waals surface area contributed by atoms with Crippen molar-refractivity contribution in [1.29, 1.82) is 0 Å². The van der Waals surface area contributed by atoms with Gasteiger partial charge in [0.1, 0.15) is 28.7 Å². The van der Waals surface area contributed by atoms with E-state index in [1.165, 1.54) is 29.3 Å². The topological polar surface area (TPSA) is 72.1 Å². The highest BCUT2D eigenvalue weighted by atomic mass is 19.1. The Bertz CT molecular complexity index is 1390. The summed E-state index contributed by atoms with van der Waals surface area (Å²) in [4.78, 5) is 25.9. The third-order valence-electron chi connectivity index (χ3n) is 6.77. The largest absolute Gasteiger partial charge is 0.466 e. The van der Waals surface area contributed by atoms with Gasteiger partial charge in [-0.25, -0.2) is 18.6 Å². The van der Waals surface area contributed by atoms with E-state index in [0.717, 1.165) is 41.7 Å². The minimum Gasteiger partial charge on any atom is -0.466 e. The van der Waals surface area contributed by atoms with E-state index >= 15 is 0 Å². The predicted octanol–water partition coefficient (Wildman–Crippen LogP) is 6.15. The number of rotatable bonds is 5. The highest BCUT2D eigenvalue weighted by Gasteiger charge is 2.44. The second-order valence-corrected chi connectivity index (χ2v) is 9.34. The number of amides is 1. The molecule has 2 atom stereocenters. The lowest BCUT2D eigenvalue weighted by Gasteiger charge is -2.29. The number of halogens is 2. The zero-order valence-corrected chi connectivity index (χ0v) is 20.5. The summed E-state index contributed by atoms with van der Waals surface area (Å²) in [5, 5.41) is 6.07. The molecule has 6 nitrogen and oxygen atoms in total. The van der Waals surface area contributed by atoms with Crippen LogP contribution in [0.4, 0.5) is 8.78 Å². The number of benzene rings is 2. The van der Waals surface area contributed by atoms with Gasteiger partial charge in [-0.3, -0.25) is 4.79 Å². The van der Waals surface area contributed by atoms with Gasteiger partial charge in [0.2, 0.25) is 0 Å².